The van der Waals surface area contributed by atoms with Gasteiger partial charge in [-0.1, -0.05) is 0 Å². The molecule has 0 aromatic heterocycles. The molecule has 0 spiro atoms. The molecule has 0 aliphatic heterocycles. The minimum absolute atomic E-state index is 0. The van der Waals surface area contributed by atoms with Gasteiger partial charge in [0, 0.05) is 18.1 Å². The van der Waals surface area contributed by atoms with E-state index in [1.807, 2.05) is 0 Å². The van der Waals surface area contributed by atoms with E-state index in [1.54, 1.807) is 0 Å². The molecule has 0 atom stereocenters. The molecule has 0 saturated heterocycles. The zero-order valence-corrected chi connectivity index (χ0v) is 12.7. The van der Waals surface area contributed by atoms with Gasteiger partial charge in [-0.05, 0) is 41.5 Å². The fourth-order valence-corrected chi connectivity index (χ4v) is 2.66. The molecule has 0 rings (SSSR count). The van der Waals surface area contributed by atoms with E-state index in [-0.39, 0.29) is 17.0 Å². The first-order valence-electron chi connectivity index (χ1n) is 5.00. The predicted octanol–water partition coefficient (Wildman–Crippen LogP) is 2.79. The van der Waals surface area contributed by atoms with Crippen molar-refractivity contribution < 1.29 is 0 Å². The number of hydrogen-bond acceptors (Lipinski definition) is 3. The van der Waals surface area contributed by atoms with Gasteiger partial charge in [0.2, 0.25) is 0 Å². The van der Waals surface area contributed by atoms with Crippen LogP contribution in [0.1, 0.15) is 41.5 Å². The van der Waals surface area contributed by atoms with E-state index in [9.17, 15) is 0 Å². The smallest absolute Gasteiger partial charge is 0.112 e. The molecule has 0 saturated carbocycles. The summed E-state index contributed by atoms with van der Waals surface area (Å²) >= 11 is 0. The maximum absolute atomic E-state index is 3.49. The quantitative estimate of drug-likeness (QED) is 0.657. The minimum Gasteiger partial charge on any atom is -0.269 e. The average Bonchev–Trinajstić information content (AvgIpc) is 1.80. The van der Waals surface area contributed by atoms with E-state index < -0.39 is 8.37 Å². The van der Waals surface area contributed by atoms with Gasteiger partial charge in [0.15, 0.2) is 0 Å². The summed E-state index contributed by atoms with van der Waals surface area (Å²) in [5.74, 6) is 0. The van der Waals surface area contributed by atoms with Gasteiger partial charge in [-0.2, -0.15) is 0 Å². The van der Waals surface area contributed by atoms with E-state index in [2.05, 4.69) is 56.8 Å². The largest absolute Gasteiger partial charge is 0.269 e. The molecule has 0 radical (unpaired) electrons. The Kier molecular flexibility index (Phi) is 11.1. The summed E-state index contributed by atoms with van der Waals surface area (Å²) in [4.78, 5) is 0. The van der Waals surface area contributed by atoms with Crippen LogP contribution in [0.2, 0.25) is 0 Å². The summed E-state index contributed by atoms with van der Waals surface area (Å²) in [7, 11) is -0.429. The Bertz CT molecular complexity index is 107. The van der Waals surface area contributed by atoms with E-state index >= 15 is 0 Å². The third-order valence-electron chi connectivity index (χ3n) is 1.16. The van der Waals surface area contributed by atoms with Gasteiger partial charge >= 0.3 is 0 Å². The Hall–Kier alpha value is 0.790. The van der Waals surface area contributed by atoms with Gasteiger partial charge in [0.05, 0.1) is 0 Å². The number of halogens is 1. The Morgan fingerprint density at radius 1 is 0.643 bits per heavy atom. The molecular formula is C9H25BrN3P. The fourth-order valence-electron chi connectivity index (χ4n) is 0.886. The molecule has 14 heavy (non-hydrogen) atoms. The van der Waals surface area contributed by atoms with E-state index in [1.165, 1.54) is 0 Å². The zero-order valence-electron chi connectivity index (χ0n) is 10.1. The minimum atomic E-state index is -0.429. The lowest BCUT2D eigenvalue weighted by Gasteiger charge is -2.26. The predicted molar refractivity (Wildman–Crippen MR) is 72.1 cm³/mol. The van der Waals surface area contributed by atoms with Crippen molar-refractivity contribution in [1.82, 2.24) is 15.3 Å². The molecule has 0 fully saturated rings. The molecule has 3 N–H and O–H groups in total. The highest BCUT2D eigenvalue weighted by molar-refractivity contribution is 8.93. The highest BCUT2D eigenvalue weighted by atomic mass is 79.9. The second-order valence-corrected chi connectivity index (χ2v) is 5.63. The topological polar surface area (TPSA) is 36.1 Å². The Labute approximate surface area is 100 Å². The lowest BCUT2D eigenvalue weighted by molar-refractivity contribution is 0.669. The van der Waals surface area contributed by atoms with E-state index in [0.717, 1.165) is 0 Å². The highest BCUT2D eigenvalue weighted by Crippen LogP contribution is 2.21. The molecule has 0 aromatic carbocycles. The molecule has 3 nitrogen and oxygen atoms in total. The van der Waals surface area contributed by atoms with Crippen molar-refractivity contribution in [2.45, 2.75) is 59.7 Å². The van der Waals surface area contributed by atoms with Crippen LogP contribution in [0.4, 0.5) is 0 Å². The molecule has 0 unspecified atom stereocenters. The molecule has 5 heteroatoms. The first-order valence-corrected chi connectivity index (χ1v) is 6.34. The number of hydrogen-bond donors (Lipinski definition) is 3. The van der Waals surface area contributed by atoms with Gasteiger partial charge in [-0.3, -0.25) is 15.3 Å². The molecule has 88 valence electrons. The Balaban J connectivity index is 0. The Morgan fingerprint density at radius 3 is 1.00 bits per heavy atom. The van der Waals surface area contributed by atoms with Crippen LogP contribution in [0.25, 0.3) is 0 Å². The van der Waals surface area contributed by atoms with Crippen LogP contribution in [0, 0.1) is 0 Å². The number of nitrogens with one attached hydrogen (secondary N) is 3. The van der Waals surface area contributed by atoms with Crippen molar-refractivity contribution in [2.75, 3.05) is 0 Å². The lowest BCUT2D eigenvalue weighted by Crippen LogP contribution is -2.37. The molecule has 0 amide bonds. The van der Waals surface area contributed by atoms with Crippen LogP contribution in [0.3, 0.4) is 0 Å². The standard InChI is InChI=1S/C9H24N3P.BrH/c1-7(2)10-13(11-8(3)4)12-9(5)6;/h7-12H,1-6H3;1H. The average molecular weight is 286 g/mol. The fraction of sp³-hybridized carbons (Fsp3) is 1.00. The maximum Gasteiger partial charge on any atom is 0.112 e. The third kappa shape index (κ3) is 10.9. The van der Waals surface area contributed by atoms with Crippen molar-refractivity contribution in [3.63, 3.8) is 0 Å². The summed E-state index contributed by atoms with van der Waals surface area (Å²) in [5.41, 5.74) is 0. The molecule has 0 bridgehead atoms. The van der Waals surface area contributed by atoms with Gasteiger partial charge in [-0.25, -0.2) is 0 Å². The van der Waals surface area contributed by atoms with E-state index in [0.29, 0.717) is 18.1 Å². The molecule has 0 aliphatic carbocycles. The van der Waals surface area contributed by atoms with Crippen molar-refractivity contribution in [1.29, 1.82) is 0 Å². The van der Waals surface area contributed by atoms with Crippen LogP contribution in [-0.4, -0.2) is 18.1 Å². The van der Waals surface area contributed by atoms with Crippen molar-refractivity contribution in [2.24, 2.45) is 0 Å². The molecule has 0 aliphatic rings. The molecule has 0 heterocycles. The van der Waals surface area contributed by atoms with Crippen molar-refractivity contribution in [3.05, 3.63) is 0 Å². The summed E-state index contributed by atoms with van der Waals surface area (Å²) in [6.07, 6.45) is 0. The lowest BCUT2D eigenvalue weighted by atomic mass is 10.4. The van der Waals surface area contributed by atoms with Crippen molar-refractivity contribution >= 4 is 25.4 Å². The Morgan fingerprint density at radius 2 is 0.857 bits per heavy atom. The monoisotopic (exact) mass is 285 g/mol. The highest BCUT2D eigenvalue weighted by Gasteiger charge is 2.11. The van der Waals surface area contributed by atoms with Crippen LogP contribution in [-0.2, 0) is 0 Å². The SMILES string of the molecule is Br.CC(C)NP(NC(C)C)NC(C)C. The van der Waals surface area contributed by atoms with Gasteiger partial charge in [0.25, 0.3) is 0 Å². The van der Waals surface area contributed by atoms with Gasteiger partial charge in [-0.15, -0.1) is 17.0 Å². The summed E-state index contributed by atoms with van der Waals surface area (Å²) in [6.45, 7) is 13.0. The van der Waals surface area contributed by atoms with Crippen molar-refractivity contribution in [3.8, 4) is 0 Å². The summed E-state index contributed by atoms with van der Waals surface area (Å²) < 4.78 is 0. The van der Waals surface area contributed by atoms with Crippen LogP contribution < -0.4 is 15.3 Å². The second kappa shape index (κ2) is 9.05. The van der Waals surface area contributed by atoms with E-state index in [4.69, 9.17) is 0 Å². The van der Waals surface area contributed by atoms with Crippen LogP contribution >= 0.6 is 25.4 Å². The number of rotatable bonds is 6. The first kappa shape index (κ1) is 17.2. The normalized spacial score (nSPS) is 11.6. The zero-order chi connectivity index (χ0) is 10.4. The maximum atomic E-state index is 3.49. The second-order valence-electron chi connectivity index (χ2n) is 4.19. The van der Waals surface area contributed by atoms with Gasteiger partial charge in [0.1, 0.15) is 8.37 Å². The third-order valence-corrected chi connectivity index (χ3v) is 3.49. The summed E-state index contributed by atoms with van der Waals surface area (Å²) in [6, 6.07) is 1.55. The van der Waals surface area contributed by atoms with Crippen LogP contribution in [0.15, 0.2) is 0 Å². The molecular weight excluding hydrogens is 261 g/mol. The first-order chi connectivity index (χ1) is 5.91. The summed E-state index contributed by atoms with van der Waals surface area (Å²) in [5, 5.41) is 10.5. The van der Waals surface area contributed by atoms with Crippen LogP contribution in [0.5, 0.6) is 0 Å². The van der Waals surface area contributed by atoms with Gasteiger partial charge < -0.3 is 0 Å². The molecule has 0 aromatic rings.